The molecule has 1 rings (SSSR count). The van der Waals surface area contributed by atoms with Gasteiger partial charge in [0, 0.05) is 4.83 Å². The van der Waals surface area contributed by atoms with Crippen LogP contribution in [0.15, 0.2) is 0 Å². The maximum Gasteiger partial charge on any atom is 0.0174 e. The van der Waals surface area contributed by atoms with Crippen molar-refractivity contribution in [1.29, 1.82) is 0 Å². The Hall–Kier alpha value is 0.480. The Labute approximate surface area is 117 Å². The minimum atomic E-state index is 0.499. The van der Waals surface area contributed by atoms with E-state index in [0.29, 0.717) is 5.41 Å². The van der Waals surface area contributed by atoms with Gasteiger partial charge in [-0.05, 0) is 48.9 Å². The summed E-state index contributed by atoms with van der Waals surface area (Å²) in [5, 5.41) is 0. The van der Waals surface area contributed by atoms with Crippen molar-refractivity contribution >= 4 is 15.9 Å². The molecule has 102 valence electrons. The van der Waals surface area contributed by atoms with E-state index in [9.17, 15) is 0 Å². The molecular weight excluding hydrogens is 272 g/mol. The lowest BCUT2D eigenvalue weighted by atomic mass is 9.67. The van der Waals surface area contributed by atoms with Gasteiger partial charge in [0.25, 0.3) is 0 Å². The first-order valence-electron chi connectivity index (χ1n) is 7.48. The smallest absolute Gasteiger partial charge is 0.0174 e. The summed E-state index contributed by atoms with van der Waals surface area (Å²) in [5.41, 5.74) is 0.499. The quantitative estimate of drug-likeness (QED) is 0.555. The van der Waals surface area contributed by atoms with Crippen LogP contribution in [0.4, 0.5) is 0 Å². The standard InChI is InChI=1S/C16H31Br/c1-6-7-12(2)10-13-11-14(16(3,4)5)8-9-15(13)17/h12-15H,6-11H2,1-5H3. The van der Waals surface area contributed by atoms with Crippen LogP contribution in [-0.2, 0) is 0 Å². The molecule has 0 heterocycles. The van der Waals surface area contributed by atoms with Crippen molar-refractivity contribution in [2.75, 3.05) is 0 Å². The lowest BCUT2D eigenvalue weighted by Crippen LogP contribution is -2.33. The predicted octanol–water partition coefficient (Wildman–Crippen LogP) is 6.04. The number of rotatable bonds is 4. The minimum absolute atomic E-state index is 0.499. The monoisotopic (exact) mass is 302 g/mol. The van der Waals surface area contributed by atoms with E-state index >= 15 is 0 Å². The Morgan fingerprint density at radius 1 is 1.24 bits per heavy atom. The summed E-state index contributed by atoms with van der Waals surface area (Å²) in [6, 6.07) is 0. The summed E-state index contributed by atoms with van der Waals surface area (Å²) >= 11 is 3.93. The van der Waals surface area contributed by atoms with Crippen LogP contribution >= 0.6 is 15.9 Å². The lowest BCUT2D eigenvalue weighted by molar-refractivity contribution is 0.134. The van der Waals surface area contributed by atoms with Crippen LogP contribution in [0.3, 0.4) is 0 Å². The zero-order valence-corrected chi connectivity index (χ0v) is 14.0. The Balaban J connectivity index is 2.52. The second-order valence-electron chi connectivity index (χ2n) is 7.28. The topological polar surface area (TPSA) is 0 Å². The van der Waals surface area contributed by atoms with Crippen molar-refractivity contribution in [2.24, 2.45) is 23.2 Å². The highest BCUT2D eigenvalue weighted by molar-refractivity contribution is 9.09. The van der Waals surface area contributed by atoms with Crippen LogP contribution in [0.5, 0.6) is 0 Å². The van der Waals surface area contributed by atoms with Gasteiger partial charge in [-0.3, -0.25) is 0 Å². The fraction of sp³-hybridized carbons (Fsp3) is 1.00. The van der Waals surface area contributed by atoms with Gasteiger partial charge in [-0.25, -0.2) is 0 Å². The third-order valence-electron chi connectivity index (χ3n) is 4.60. The van der Waals surface area contributed by atoms with E-state index in [4.69, 9.17) is 0 Å². The van der Waals surface area contributed by atoms with Crippen LogP contribution in [0.1, 0.15) is 73.1 Å². The van der Waals surface area contributed by atoms with Gasteiger partial charge in [-0.2, -0.15) is 0 Å². The molecule has 0 aromatic rings. The molecule has 4 unspecified atom stereocenters. The van der Waals surface area contributed by atoms with Gasteiger partial charge in [0.2, 0.25) is 0 Å². The van der Waals surface area contributed by atoms with Gasteiger partial charge in [-0.15, -0.1) is 0 Å². The molecule has 0 N–H and O–H groups in total. The van der Waals surface area contributed by atoms with Crippen molar-refractivity contribution in [2.45, 2.75) is 78.0 Å². The highest BCUT2D eigenvalue weighted by Gasteiger charge is 2.35. The number of hydrogen-bond donors (Lipinski definition) is 0. The van der Waals surface area contributed by atoms with E-state index in [1.165, 1.54) is 38.5 Å². The number of alkyl halides is 1. The second kappa shape index (κ2) is 6.59. The van der Waals surface area contributed by atoms with Gasteiger partial charge in [-0.1, -0.05) is 63.4 Å². The van der Waals surface area contributed by atoms with Crippen molar-refractivity contribution in [3.8, 4) is 0 Å². The minimum Gasteiger partial charge on any atom is -0.0888 e. The fourth-order valence-electron chi connectivity index (χ4n) is 3.38. The average Bonchev–Trinajstić information content (AvgIpc) is 2.20. The molecule has 1 saturated carbocycles. The van der Waals surface area contributed by atoms with Gasteiger partial charge < -0.3 is 0 Å². The summed E-state index contributed by atoms with van der Waals surface area (Å²) in [7, 11) is 0. The van der Waals surface area contributed by atoms with Gasteiger partial charge in [0.05, 0.1) is 0 Å². The number of hydrogen-bond acceptors (Lipinski definition) is 0. The second-order valence-corrected chi connectivity index (χ2v) is 8.46. The molecule has 1 aliphatic rings. The predicted molar refractivity (Wildman–Crippen MR) is 81.7 cm³/mol. The summed E-state index contributed by atoms with van der Waals surface area (Å²) in [4.78, 5) is 0.778. The molecule has 0 spiro atoms. The van der Waals surface area contributed by atoms with Crippen molar-refractivity contribution in [3.63, 3.8) is 0 Å². The van der Waals surface area contributed by atoms with Gasteiger partial charge >= 0.3 is 0 Å². The molecule has 0 amide bonds. The van der Waals surface area contributed by atoms with Gasteiger partial charge in [0.1, 0.15) is 0 Å². The molecule has 1 heteroatoms. The Kier molecular flexibility index (Phi) is 6.02. The third kappa shape index (κ3) is 4.93. The number of halogens is 1. The van der Waals surface area contributed by atoms with E-state index in [2.05, 4.69) is 50.5 Å². The van der Waals surface area contributed by atoms with E-state index < -0.39 is 0 Å². The SMILES string of the molecule is CCCC(C)CC1CC(C(C)(C)C)CCC1Br. The lowest BCUT2D eigenvalue weighted by Gasteiger charge is -2.41. The molecule has 0 aromatic carbocycles. The van der Waals surface area contributed by atoms with E-state index in [1.807, 2.05) is 0 Å². The first-order chi connectivity index (χ1) is 7.84. The van der Waals surface area contributed by atoms with Crippen molar-refractivity contribution < 1.29 is 0 Å². The normalized spacial score (nSPS) is 32.5. The van der Waals surface area contributed by atoms with Crippen molar-refractivity contribution in [3.05, 3.63) is 0 Å². The molecule has 0 aliphatic heterocycles. The molecule has 0 saturated heterocycles. The molecule has 0 aromatic heterocycles. The first-order valence-corrected chi connectivity index (χ1v) is 8.40. The van der Waals surface area contributed by atoms with Crippen LogP contribution in [-0.4, -0.2) is 4.83 Å². The van der Waals surface area contributed by atoms with Crippen LogP contribution < -0.4 is 0 Å². The fourth-order valence-corrected chi connectivity index (χ4v) is 4.08. The van der Waals surface area contributed by atoms with Gasteiger partial charge in [0.15, 0.2) is 0 Å². The summed E-state index contributed by atoms with van der Waals surface area (Å²) < 4.78 is 0. The Morgan fingerprint density at radius 3 is 2.41 bits per heavy atom. The molecule has 17 heavy (non-hydrogen) atoms. The zero-order chi connectivity index (χ0) is 13.1. The maximum atomic E-state index is 3.93. The maximum absolute atomic E-state index is 3.93. The summed E-state index contributed by atoms with van der Waals surface area (Å²) in [5.74, 6) is 2.74. The largest absolute Gasteiger partial charge is 0.0888 e. The van der Waals surface area contributed by atoms with Crippen molar-refractivity contribution in [1.82, 2.24) is 0 Å². The molecule has 1 fully saturated rings. The summed E-state index contributed by atoms with van der Waals surface area (Å²) in [6.07, 6.45) is 8.40. The van der Waals surface area contributed by atoms with Crippen LogP contribution in [0.2, 0.25) is 0 Å². The van der Waals surface area contributed by atoms with Crippen LogP contribution in [0.25, 0.3) is 0 Å². The van der Waals surface area contributed by atoms with E-state index in [-0.39, 0.29) is 0 Å². The Bertz CT molecular complexity index is 216. The van der Waals surface area contributed by atoms with Crippen LogP contribution in [0, 0.1) is 23.2 Å². The molecule has 0 bridgehead atoms. The molecule has 0 nitrogen and oxygen atoms in total. The molecule has 4 atom stereocenters. The highest BCUT2D eigenvalue weighted by Crippen LogP contribution is 2.44. The zero-order valence-electron chi connectivity index (χ0n) is 12.4. The molecule has 0 radical (unpaired) electrons. The molecular formula is C16H31Br. The Morgan fingerprint density at radius 2 is 1.88 bits per heavy atom. The third-order valence-corrected chi connectivity index (χ3v) is 5.81. The molecule has 1 aliphatic carbocycles. The van der Waals surface area contributed by atoms with E-state index in [1.54, 1.807) is 0 Å². The first kappa shape index (κ1) is 15.5. The highest BCUT2D eigenvalue weighted by atomic mass is 79.9. The summed E-state index contributed by atoms with van der Waals surface area (Å²) in [6.45, 7) is 12.0. The average molecular weight is 303 g/mol. The van der Waals surface area contributed by atoms with E-state index in [0.717, 1.165) is 22.6 Å².